The molecule has 0 atom stereocenters. The first-order valence-electron chi connectivity index (χ1n) is 4.49. The largest absolute Gasteiger partial charge is 0.454 e. The van der Waals surface area contributed by atoms with E-state index in [-0.39, 0.29) is 6.29 Å². The average Bonchev–Trinajstić information content (AvgIpc) is 2.25. The number of halogens is 3. The van der Waals surface area contributed by atoms with Crippen molar-refractivity contribution >= 4 is 17.9 Å². The molecule has 0 aliphatic carbocycles. The van der Waals surface area contributed by atoms with Crippen LogP contribution in [0.5, 0.6) is 0 Å². The molecule has 0 amide bonds. The maximum absolute atomic E-state index is 12.3. The molecule has 0 fully saturated rings. The summed E-state index contributed by atoms with van der Waals surface area (Å²) < 4.78 is 37.0. The van der Waals surface area contributed by atoms with Crippen molar-refractivity contribution in [2.24, 2.45) is 0 Å². The molecular formula is C11H7F3O3. The fraction of sp³-hybridized carbons (Fsp3) is 0.182. The molecule has 0 saturated carbocycles. The molecule has 1 aromatic carbocycles. The van der Waals surface area contributed by atoms with Crippen molar-refractivity contribution in [3.63, 3.8) is 0 Å². The lowest BCUT2D eigenvalue weighted by Gasteiger charge is -2.10. The summed E-state index contributed by atoms with van der Waals surface area (Å²) in [5.74, 6) is -2.90. The van der Waals surface area contributed by atoms with Gasteiger partial charge in [0.1, 0.15) is 0 Å². The number of benzene rings is 1. The van der Waals surface area contributed by atoms with Crippen molar-refractivity contribution in [3.05, 3.63) is 34.9 Å². The van der Waals surface area contributed by atoms with Crippen LogP contribution in [-0.4, -0.2) is 24.0 Å². The summed E-state index contributed by atoms with van der Waals surface area (Å²) in [5, 5.41) is 0. The van der Waals surface area contributed by atoms with E-state index in [9.17, 15) is 27.6 Å². The van der Waals surface area contributed by atoms with Crippen LogP contribution in [0.25, 0.3) is 0 Å². The fourth-order valence-electron chi connectivity index (χ4n) is 1.36. The minimum atomic E-state index is -5.12. The highest BCUT2D eigenvalue weighted by atomic mass is 19.4. The van der Waals surface area contributed by atoms with Gasteiger partial charge >= 0.3 is 6.18 Å². The zero-order valence-corrected chi connectivity index (χ0v) is 8.67. The Hall–Kier alpha value is -1.98. The average molecular weight is 244 g/mol. The third-order valence-electron chi connectivity index (χ3n) is 2.09. The Bertz CT molecular complexity index is 489. The van der Waals surface area contributed by atoms with Gasteiger partial charge in [-0.15, -0.1) is 0 Å². The molecule has 0 saturated heterocycles. The van der Waals surface area contributed by atoms with Crippen LogP contribution in [0.1, 0.15) is 38.0 Å². The van der Waals surface area contributed by atoms with Gasteiger partial charge in [-0.1, -0.05) is 18.2 Å². The predicted molar refractivity (Wildman–Crippen MR) is 52.2 cm³/mol. The van der Waals surface area contributed by atoms with Crippen molar-refractivity contribution < 1.29 is 27.6 Å². The topological polar surface area (TPSA) is 51.2 Å². The third kappa shape index (κ3) is 2.58. The first kappa shape index (κ1) is 13.1. The molecule has 0 aliphatic rings. The molecule has 0 aliphatic heterocycles. The van der Waals surface area contributed by atoms with E-state index in [0.717, 1.165) is 19.1 Å². The van der Waals surface area contributed by atoms with Gasteiger partial charge in [0.2, 0.25) is 0 Å². The van der Waals surface area contributed by atoms with E-state index < -0.39 is 34.4 Å². The molecule has 0 radical (unpaired) electrons. The SMILES string of the molecule is CC(=O)c1cccc(C=O)c1C(=O)C(F)(F)F. The summed E-state index contributed by atoms with van der Waals surface area (Å²) in [6, 6.07) is 3.38. The fourth-order valence-corrected chi connectivity index (χ4v) is 1.36. The van der Waals surface area contributed by atoms with Crippen LogP contribution in [-0.2, 0) is 0 Å². The van der Waals surface area contributed by atoms with Crippen LogP contribution in [0.2, 0.25) is 0 Å². The molecule has 0 bridgehead atoms. The summed E-state index contributed by atoms with van der Waals surface area (Å²) in [5.41, 5.74) is -1.74. The van der Waals surface area contributed by atoms with E-state index >= 15 is 0 Å². The van der Waals surface area contributed by atoms with Gasteiger partial charge in [-0.05, 0) is 6.92 Å². The van der Waals surface area contributed by atoms with Crippen LogP contribution in [0.15, 0.2) is 18.2 Å². The highest BCUT2D eigenvalue weighted by Gasteiger charge is 2.41. The van der Waals surface area contributed by atoms with Gasteiger partial charge < -0.3 is 0 Å². The first-order chi connectivity index (χ1) is 7.79. The zero-order valence-electron chi connectivity index (χ0n) is 8.67. The van der Waals surface area contributed by atoms with Gasteiger partial charge in [-0.25, -0.2) is 0 Å². The summed E-state index contributed by atoms with van der Waals surface area (Å²) in [7, 11) is 0. The number of Topliss-reactive ketones (excluding diaryl/α,β-unsaturated/α-hetero) is 2. The lowest BCUT2D eigenvalue weighted by molar-refractivity contribution is -0.0885. The summed E-state index contributed by atoms with van der Waals surface area (Å²) in [6.45, 7) is 1.02. The Balaban J connectivity index is 3.53. The number of hydrogen-bond acceptors (Lipinski definition) is 3. The summed E-state index contributed by atoms with van der Waals surface area (Å²) in [6.07, 6.45) is -5.01. The highest BCUT2D eigenvalue weighted by Crippen LogP contribution is 2.25. The Kier molecular flexibility index (Phi) is 3.45. The molecule has 3 nitrogen and oxygen atoms in total. The van der Waals surface area contributed by atoms with E-state index in [0.29, 0.717) is 0 Å². The minimum absolute atomic E-state index is 0.116. The van der Waals surface area contributed by atoms with Crippen LogP contribution in [0.4, 0.5) is 13.2 Å². The number of hydrogen-bond donors (Lipinski definition) is 0. The molecule has 0 unspecified atom stereocenters. The van der Waals surface area contributed by atoms with E-state index in [4.69, 9.17) is 0 Å². The van der Waals surface area contributed by atoms with Gasteiger partial charge in [-0.3, -0.25) is 14.4 Å². The monoisotopic (exact) mass is 244 g/mol. The van der Waals surface area contributed by atoms with Gasteiger partial charge in [0.25, 0.3) is 5.78 Å². The summed E-state index contributed by atoms with van der Waals surface area (Å²) >= 11 is 0. The number of carbonyl (C=O) groups excluding carboxylic acids is 3. The lowest BCUT2D eigenvalue weighted by atomic mass is 9.95. The molecule has 6 heteroatoms. The molecule has 0 N–H and O–H groups in total. The van der Waals surface area contributed by atoms with Gasteiger partial charge in [0.05, 0.1) is 0 Å². The van der Waals surface area contributed by atoms with Crippen LogP contribution in [0, 0.1) is 0 Å². The van der Waals surface area contributed by atoms with Crippen molar-refractivity contribution in [1.29, 1.82) is 0 Å². The molecule has 90 valence electrons. The van der Waals surface area contributed by atoms with E-state index in [1.165, 1.54) is 6.07 Å². The Morgan fingerprint density at radius 3 is 2.24 bits per heavy atom. The van der Waals surface area contributed by atoms with Crippen LogP contribution >= 0.6 is 0 Å². The van der Waals surface area contributed by atoms with Crippen molar-refractivity contribution in [2.45, 2.75) is 13.1 Å². The quantitative estimate of drug-likeness (QED) is 0.606. The molecule has 0 spiro atoms. The van der Waals surface area contributed by atoms with E-state index in [1.54, 1.807) is 0 Å². The Morgan fingerprint density at radius 1 is 1.24 bits per heavy atom. The molecule has 1 aromatic rings. The molecule has 0 aromatic heterocycles. The van der Waals surface area contributed by atoms with Gasteiger partial charge in [-0.2, -0.15) is 13.2 Å². The van der Waals surface area contributed by atoms with Crippen LogP contribution < -0.4 is 0 Å². The number of rotatable bonds is 3. The highest BCUT2D eigenvalue weighted by molar-refractivity contribution is 6.13. The predicted octanol–water partition coefficient (Wildman–Crippen LogP) is 2.45. The number of alkyl halides is 3. The number of aldehydes is 1. The molecular weight excluding hydrogens is 237 g/mol. The van der Waals surface area contributed by atoms with Crippen molar-refractivity contribution in [1.82, 2.24) is 0 Å². The first-order valence-corrected chi connectivity index (χ1v) is 4.49. The lowest BCUT2D eigenvalue weighted by Crippen LogP contribution is -2.26. The molecule has 17 heavy (non-hydrogen) atoms. The Morgan fingerprint density at radius 2 is 1.82 bits per heavy atom. The number of carbonyl (C=O) groups is 3. The number of ketones is 2. The van der Waals surface area contributed by atoms with E-state index in [2.05, 4.69) is 0 Å². The normalized spacial score (nSPS) is 11.1. The maximum Gasteiger partial charge on any atom is 0.454 e. The van der Waals surface area contributed by atoms with Crippen LogP contribution in [0.3, 0.4) is 0 Å². The second-order valence-electron chi connectivity index (χ2n) is 3.27. The minimum Gasteiger partial charge on any atom is -0.298 e. The second kappa shape index (κ2) is 4.48. The van der Waals surface area contributed by atoms with Crippen molar-refractivity contribution in [3.8, 4) is 0 Å². The third-order valence-corrected chi connectivity index (χ3v) is 2.09. The second-order valence-corrected chi connectivity index (χ2v) is 3.27. The maximum atomic E-state index is 12.3. The summed E-state index contributed by atoms with van der Waals surface area (Å²) in [4.78, 5) is 32.9. The van der Waals surface area contributed by atoms with Gasteiger partial charge in [0.15, 0.2) is 12.1 Å². The van der Waals surface area contributed by atoms with Crippen molar-refractivity contribution in [2.75, 3.05) is 0 Å². The smallest absolute Gasteiger partial charge is 0.298 e. The van der Waals surface area contributed by atoms with E-state index in [1.807, 2.05) is 0 Å². The standard InChI is InChI=1S/C11H7F3O3/c1-6(16)8-4-2-3-7(5-15)9(8)10(17)11(12,13)14/h2-5H,1H3. The Labute approximate surface area is 94.2 Å². The zero-order chi connectivity index (χ0) is 13.2. The molecule has 0 heterocycles. The molecule has 1 rings (SSSR count). The van der Waals surface area contributed by atoms with Gasteiger partial charge in [0, 0.05) is 16.7 Å².